The van der Waals surface area contributed by atoms with Crippen LogP contribution in [0, 0.1) is 6.92 Å². The first-order valence-electron chi connectivity index (χ1n) is 15.7. The van der Waals surface area contributed by atoms with Gasteiger partial charge in [0.1, 0.15) is 16.2 Å². The van der Waals surface area contributed by atoms with Crippen molar-refractivity contribution in [1.29, 1.82) is 0 Å². The number of thiophene rings is 1. The number of aromatic nitrogens is 4. The topological polar surface area (TPSA) is 43.6 Å². The summed E-state index contributed by atoms with van der Waals surface area (Å²) in [6.45, 7) is 11.2. The molecule has 4 aromatic carbocycles. The van der Waals surface area contributed by atoms with Crippen molar-refractivity contribution in [3.63, 3.8) is 0 Å². The molecular weight excluding hydrogens is 569 g/mol. The van der Waals surface area contributed by atoms with Gasteiger partial charge >= 0.3 is 0 Å². The Kier molecular flexibility index (Phi) is 6.54. The summed E-state index contributed by atoms with van der Waals surface area (Å²) in [4.78, 5) is 16.4. The van der Waals surface area contributed by atoms with Crippen LogP contribution in [-0.4, -0.2) is 19.5 Å². The molecular formula is C40H34N4S. The van der Waals surface area contributed by atoms with Gasteiger partial charge in [-0.3, -0.25) is 9.55 Å². The van der Waals surface area contributed by atoms with Gasteiger partial charge in [-0.2, -0.15) is 0 Å². The molecule has 8 rings (SSSR count). The maximum absolute atomic E-state index is 5.52. The third-order valence-corrected chi connectivity index (χ3v) is 10.0. The first kappa shape index (κ1) is 27.7. The molecule has 220 valence electrons. The van der Waals surface area contributed by atoms with Gasteiger partial charge in [-0.25, -0.2) is 9.97 Å². The molecule has 0 aliphatic carbocycles. The summed E-state index contributed by atoms with van der Waals surface area (Å²) < 4.78 is 3.61. The molecule has 0 aliphatic heterocycles. The molecule has 45 heavy (non-hydrogen) atoms. The normalized spacial score (nSPS) is 12.1. The fraction of sp³-hybridized carbons (Fsp3) is 0.175. The van der Waals surface area contributed by atoms with E-state index in [2.05, 4.69) is 130 Å². The summed E-state index contributed by atoms with van der Waals surface area (Å²) in [6.07, 6.45) is 2.02. The molecule has 0 saturated carbocycles. The van der Waals surface area contributed by atoms with Gasteiger partial charge in [0.05, 0.1) is 22.9 Å². The number of fused-ring (bicyclic) bond motifs is 6. The Morgan fingerprint density at radius 2 is 1.38 bits per heavy atom. The second kappa shape index (κ2) is 10.6. The summed E-state index contributed by atoms with van der Waals surface area (Å²) in [7, 11) is 0. The molecule has 0 bridgehead atoms. The fourth-order valence-electron chi connectivity index (χ4n) is 6.64. The zero-order valence-electron chi connectivity index (χ0n) is 26.2. The number of para-hydroxylation sites is 1. The second-order valence-corrected chi connectivity index (χ2v) is 13.5. The van der Waals surface area contributed by atoms with Crippen molar-refractivity contribution in [2.45, 2.75) is 46.5 Å². The Balaban J connectivity index is 1.53. The number of rotatable bonds is 5. The number of nitrogens with zero attached hydrogens (tertiary/aromatic N) is 4. The molecule has 0 spiro atoms. The minimum absolute atomic E-state index is 0.284. The SMILES string of the molecule is Cc1ccc2c(n1)sc1c(-c3nc4c5ccccc5ncc4n3-c3c(C(C)C)cc(-c4ccccc4)cc3C(C)C)cccc12. The maximum atomic E-state index is 5.52. The van der Waals surface area contributed by atoms with Crippen molar-refractivity contribution in [1.82, 2.24) is 19.5 Å². The van der Waals surface area contributed by atoms with Crippen molar-refractivity contribution in [2.75, 3.05) is 0 Å². The third-order valence-electron chi connectivity index (χ3n) is 8.89. The highest BCUT2D eigenvalue weighted by Gasteiger charge is 2.26. The lowest BCUT2D eigenvalue weighted by Gasteiger charge is -2.24. The molecule has 8 aromatic rings. The summed E-state index contributed by atoms with van der Waals surface area (Å²) in [5.74, 6) is 1.51. The molecule has 0 fully saturated rings. The van der Waals surface area contributed by atoms with Gasteiger partial charge in [0.2, 0.25) is 0 Å². The van der Waals surface area contributed by atoms with E-state index in [1.54, 1.807) is 11.3 Å². The molecule has 0 amide bonds. The van der Waals surface area contributed by atoms with Gasteiger partial charge in [0.25, 0.3) is 0 Å². The van der Waals surface area contributed by atoms with Crippen LogP contribution in [0.1, 0.15) is 56.4 Å². The minimum Gasteiger partial charge on any atom is -0.290 e. The Hall–Kier alpha value is -4.87. The van der Waals surface area contributed by atoms with E-state index in [4.69, 9.17) is 15.0 Å². The zero-order valence-corrected chi connectivity index (χ0v) is 27.0. The quantitative estimate of drug-likeness (QED) is 0.197. The molecule has 0 aliphatic rings. The van der Waals surface area contributed by atoms with Crippen molar-refractivity contribution in [3.8, 4) is 28.2 Å². The third kappa shape index (κ3) is 4.45. The van der Waals surface area contributed by atoms with E-state index in [-0.39, 0.29) is 11.8 Å². The number of imidazole rings is 1. The van der Waals surface area contributed by atoms with Gasteiger partial charge in [-0.05, 0) is 77.4 Å². The molecule has 4 aromatic heterocycles. The van der Waals surface area contributed by atoms with Crippen LogP contribution in [0.3, 0.4) is 0 Å². The molecule has 0 N–H and O–H groups in total. The fourth-order valence-corrected chi connectivity index (χ4v) is 7.87. The van der Waals surface area contributed by atoms with E-state index >= 15 is 0 Å². The lowest BCUT2D eigenvalue weighted by molar-refractivity contribution is 0.811. The summed E-state index contributed by atoms with van der Waals surface area (Å²) in [5, 5.41) is 3.47. The highest BCUT2D eigenvalue weighted by molar-refractivity contribution is 7.26. The van der Waals surface area contributed by atoms with Crippen LogP contribution in [0.15, 0.2) is 103 Å². The van der Waals surface area contributed by atoms with E-state index in [0.29, 0.717) is 0 Å². The highest BCUT2D eigenvalue weighted by atomic mass is 32.1. The van der Waals surface area contributed by atoms with Crippen molar-refractivity contribution in [2.24, 2.45) is 0 Å². The van der Waals surface area contributed by atoms with Crippen LogP contribution in [-0.2, 0) is 0 Å². The molecule has 0 saturated heterocycles. The van der Waals surface area contributed by atoms with Crippen LogP contribution in [0.2, 0.25) is 0 Å². The maximum Gasteiger partial charge on any atom is 0.147 e. The summed E-state index contributed by atoms with van der Waals surface area (Å²) >= 11 is 1.76. The Morgan fingerprint density at radius 3 is 2.13 bits per heavy atom. The van der Waals surface area contributed by atoms with Gasteiger partial charge in [-0.15, -0.1) is 11.3 Å². The Morgan fingerprint density at radius 1 is 0.667 bits per heavy atom. The number of benzene rings is 4. The number of aryl methyl sites for hydroxylation is 1. The van der Waals surface area contributed by atoms with Crippen molar-refractivity contribution >= 4 is 53.6 Å². The summed E-state index contributed by atoms with van der Waals surface area (Å²) in [5.41, 5.74) is 11.4. The van der Waals surface area contributed by atoms with Gasteiger partial charge in [0.15, 0.2) is 0 Å². The first-order chi connectivity index (χ1) is 21.9. The molecule has 4 nitrogen and oxygen atoms in total. The lowest BCUT2D eigenvalue weighted by atomic mass is 9.88. The molecule has 4 heterocycles. The van der Waals surface area contributed by atoms with E-state index in [1.807, 2.05) is 12.3 Å². The van der Waals surface area contributed by atoms with E-state index in [0.717, 1.165) is 43.8 Å². The van der Waals surface area contributed by atoms with Crippen LogP contribution in [0.5, 0.6) is 0 Å². The molecule has 0 unspecified atom stereocenters. The smallest absolute Gasteiger partial charge is 0.147 e. The highest BCUT2D eigenvalue weighted by Crippen LogP contribution is 2.44. The average molecular weight is 603 g/mol. The van der Waals surface area contributed by atoms with Gasteiger partial charge in [0, 0.05) is 32.1 Å². The van der Waals surface area contributed by atoms with Crippen LogP contribution >= 0.6 is 11.3 Å². The summed E-state index contributed by atoms with van der Waals surface area (Å²) in [6, 6.07) is 34.7. The average Bonchev–Trinajstić information content (AvgIpc) is 3.62. The molecule has 0 atom stereocenters. The monoisotopic (exact) mass is 602 g/mol. The van der Waals surface area contributed by atoms with E-state index in [1.165, 1.54) is 43.4 Å². The minimum atomic E-state index is 0.284. The lowest BCUT2D eigenvalue weighted by Crippen LogP contribution is -2.09. The number of hydrogen-bond acceptors (Lipinski definition) is 4. The predicted octanol–water partition coefficient (Wildman–Crippen LogP) is 11.2. The standard InChI is InChI=1S/C40H34N4S/c1-23(2)32-20-27(26-12-7-6-8-13-26)21-33(24(3)4)37(32)44-35-22-41-34-17-10-9-14-30(34)36(35)43-39(44)31-16-11-15-28-29-19-18-25(5)42-40(29)45-38(28)31/h6-24H,1-5H3. The van der Waals surface area contributed by atoms with Crippen LogP contribution in [0.4, 0.5) is 0 Å². The van der Waals surface area contributed by atoms with Crippen molar-refractivity contribution < 1.29 is 0 Å². The zero-order chi connectivity index (χ0) is 30.8. The van der Waals surface area contributed by atoms with Crippen LogP contribution in [0.25, 0.3) is 70.4 Å². The predicted molar refractivity (Wildman–Crippen MR) is 191 cm³/mol. The number of hydrogen-bond donors (Lipinski definition) is 0. The Labute approximate surface area is 267 Å². The largest absolute Gasteiger partial charge is 0.290 e. The van der Waals surface area contributed by atoms with Crippen LogP contribution < -0.4 is 0 Å². The molecule has 0 radical (unpaired) electrons. The molecule has 5 heteroatoms. The van der Waals surface area contributed by atoms with Crippen molar-refractivity contribution in [3.05, 3.63) is 120 Å². The van der Waals surface area contributed by atoms with E-state index in [9.17, 15) is 0 Å². The first-order valence-corrected chi connectivity index (χ1v) is 16.5. The van der Waals surface area contributed by atoms with Gasteiger partial charge in [-0.1, -0.05) is 88.4 Å². The van der Waals surface area contributed by atoms with E-state index < -0.39 is 0 Å². The van der Waals surface area contributed by atoms with Gasteiger partial charge < -0.3 is 0 Å². The Bertz CT molecular complexity index is 2370. The second-order valence-electron chi connectivity index (χ2n) is 12.5. The number of pyridine rings is 2.